The van der Waals surface area contributed by atoms with Crippen molar-refractivity contribution in [1.29, 1.82) is 5.26 Å². The SMILES string of the molecule is CCC(SC#N)C(=O)[N+]1(C)CCCCC1C. The molecule has 0 aliphatic carbocycles. The Morgan fingerprint density at radius 1 is 1.62 bits per heavy atom. The van der Waals surface area contributed by atoms with Gasteiger partial charge in [-0.15, -0.1) is 0 Å². The van der Waals surface area contributed by atoms with Crippen LogP contribution in [0.1, 0.15) is 39.5 Å². The van der Waals surface area contributed by atoms with Crippen LogP contribution < -0.4 is 0 Å². The third-order valence-electron chi connectivity index (χ3n) is 3.81. The van der Waals surface area contributed by atoms with Gasteiger partial charge in [0.25, 0.3) is 0 Å². The number of amides is 1. The zero-order valence-electron chi connectivity index (χ0n) is 10.4. The Balaban J connectivity index is 2.80. The van der Waals surface area contributed by atoms with Crippen LogP contribution >= 0.6 is 11.8 Å². The highest BCUT2D eigenvalue weighted by Gasteiger charge is 2.42. The van der Waals surface area contributed by atoms with E-state index >= 15 is 0 Å². The zero-order valence-corrected chi connectivity index (χ0v) is 11.2. The van der Waals surface area contributed by atoms with Crippen LogP contribution in [0.2, 0.25) is 0 Å². The second-order valence-electron chi connectivity index (χ2n) is 4.78. The number of nitrogens with zero attached hydrogens (tertiary/aromatic N) is 2. The van der Waals surface area contributed by atoms with E-state index in [0.717, 1.165) is 37.6 Å². The summed E-state index contributed by atoms with van der Waals surface area (Å²) < 4.78 is 0.521. The van der Waals surface area contributed by atoms with E-state index in [1.807, 2.05) is 14.0 Å². The molecule has 0 aromatic carbocycles. The number of piperidine rings is 1. The van der Waals surface area contributed by atoms with Gasteiger partial charge in [-0.1, -0.05) is 6.92 Å². The minimum absolute atomic E-state index is 0.157. The standard InChI is InChI=1S/C12H21N2OS/c1-4-11(16-9-13)12(15)14(3)8-6-5-7-10(14)2/h10-11H,4-8H2,1-3H3/q+1. The van der Waals surface area contributed by atoms with E-state index in [9.17, 15) is 4.79 Å². The number of thioether (sulfide) groups is 1. The second kappa shape index (κ2) is 5.70. The molecule has 1 amide bonds. The van der Waals surface area contributed by atoms with Gasteiger partial charge in [0.1, 0.15) is 10.7 Å². The molecule has 0 spiro atoms. The van der Waals surface area contributed by atoms with Crippen molar-refractivity contribution in [3.8, 4) is 5.40 Å². The highest BCUT2D eigenvalue weighted by molar-refractivity contribution is 8.04. The van der Waals surface area contributed by atoms with Gasteiger partial charge < -0.3 is 0 Å². The first-order valence-electron chi connectivity index (χ1n) is 6.00. The molecule has 0 N–H and O–H groups in total. The first-order chi connectivity index (χ1) is 7.56. The molecule has 0 aromatic heterocycles. The summed E-state index contributed by atoms with van der Waals surface area (Å²) in [5, 5.41) is 10.6. The number of quaternary nitrogens is 1. The summed E-state index contributed by atoms with van der Waals surface area (Å²) in [7, 11) is 2.03. The van der Waals surface area contributed by atoms with Gasteiger partial charge in [0.05, 0.1) is 19.6 Å². The van der Waals surface area contributed by atoms with E-state index in [1.165, 1.54) is 6.42 Å². The first-order valence-corrected chi connectivity index (χ1v) is 6.88. The topological polar surface area (TPSA) is 40.9 Å². The summed E-state index contributed by atoms with van der Waals surface area (Å²) in [5.41, 5.74) is 0. The summed E-state index contributed by atoms with van der Waals surface area (Å²) in [6.07, 6.45) is 4.22. The van der Waals surface area contributed by atoms with Crippen LogP contribution in [0.15, 0.2) is 0 Å². The highest BCUT2D eigenvalue weighted by atomic mass is 32.2. The molecule has 1 aliphatic heterocycles. The first kappa shape index (κ1) is 13.5. The van der Waals surface area contributed by atoms with Gasteiger partial charge in [-0.2, -0.15) is 5.26 Å². The summed E-state index contributed by atoms with van der Waals surface area (Å²) >= 11 is 1.12. The highest BCUT2D eigenvalue weighted by Crippen LogP contribution is 2.28. The molecule has 1 rings (SSSR count). The van der Waals surface area contributed by atoms with Gasteiger partial charge in [0.2, 0.25) is 0 Å². The van der Waals surface area contributed by atoms with Gasteiger partial charge in [-0.3, -0.25) is 4.48 Å². The fraction of sp³-hybridized carbons (Fsp3) is 0.833. The van der Waals surface area contributed by atoms with Crippen LogP contribution in [0.5, 0.6) is 0 Å². The fourth-order valence-corrected chi connectivity index (χ4v) is 3.05. The summed E-state index contributed by atoms with van der Waals surface area (Å²) in [6.45, 7) is 5.07. The molecule has 90 valence electrons. The van der Waals surface area contributed by atoms with Gasteiger partial charge in [-0.25, -0.2) is 4.79 Å². The molecule has 0 bridgehead atoms. The molecule has 0 radical (unpaired) electrons. The van der Waals surface area contributed by atoms with Gasteiger partial charge in [-0.05, 0) is 44.4 Å². The maximum absolute atomic E-state index is 12.5. The summed E-state index contributed by atoms with van der Waals surface area (Å²) in [6, 6.07) is 0.398. The van der Waals surface area contributed by atoms with Crippen molar-refractivity contribution in [3.05, 3.63) is 0 Å². The van der Waals surface area contributed by atoms with Gasteiger partial charge >= 0.3 is 5.91 Å². The maximum atomic E-state index is 12.5. The smallest absolute Gasteiger partial charge is 0.260 e. The molecule has 1 aliphatic rings. The molecule has 0 saturated carbocycles. The van der Waals surface area contributed by atoms with Crippen molar-refractivity contribution >= 4 is 17.7 Å². The number of hydrogen-bond donors (Lipinski definition) is 0. The van der Waals surface area contributed by atoms with Gasteiger partial charge in [0.15, 0.2) is 0 Å². The fourth-order valence-electron chi connectivity index (χ4n) is 2.41. The Bertz CT molecular complexity index is 300. The van der Waals surface area contributed by atoms with Gasteiger partial charge in [0, 0.05) is 0 Å². The van der Waals surface area contributed by atoms with Crippen LogP contribution in [-0.4, -0.2) is 35.3 Å². The number of thiocyanates is 1. The number of nitriles is 1. The molecule has 3 unspecified atom stereocenters. The molecule has 0 aromatic rings. The molecule has 1 heterocycles. The number of likely N-dealkylation sites (tertiary alicyclic amines) is 1. The average molecular weight is 241 g/mol. The van der Waals surface area contributed by atoms with E-state index in [0.29, 0.717) is 10.5 Å². The van der Waals surface area contributed by atoms with E-state index in [2.05, 4.69) is 12.3 Å². The minimum Gasteiger partial charge on any atom is -0.260 e. The summed E-state index contributed by atoms with van der Waals surface area (Å²) in [4.78, 5) is 12.5. The molecule has 4 heteroatoms. The van der Waals surface area contributed by atoms with E-state index in [-0.39, 0.29) is 11.2 Å². The minimum atomic E-state index is -0.157. The lowest BCUT2D eigenvalue weighted by Crippen LogP contribution is -2.60. The lowest BCUT2D eigenvalue weighted by molar-refractivity contribution is -0.863. The molecule has 1 saturated heterocycles. The molecular weight excluding hydrogens is 220 g/mol. The Morgan fingerprint density at radius 3 is 2.81 bits per heavy atom. The summed E-state index contributed by atoms with van der Waals surface area (Å²) in [5.74, 6) is 0.237. The van der Waals surface area contributed by atoms with Crippen LogP contribution in [-0.2, 0) is 4.79 Å². The lowest BCUT2D eigenvalue weighted by atomic mass is 9.99. The van der Waals surface area contributed by atoms with Crippen molar-refractivity contribution in [1.82, 2.24) is 0 Å². The average Bonchev–Trinajstić information content (AvgIpc) is 2.29. The monoisotopic (exact) mass is 241 g/mol. The van der Waals surface area contributed by atoms with Crippen LogP contribution in [0.3, 0.4) is 0 Å². The largest absolute Gasteiger partial charge is 0.327 e. The third-order valence-corrected chi connectivity index (χ3v) is 4.74. The molecular formula is C12H21N2OS+. The van der Waals surface area contributed by atoms with Crippen LogP contribution in [0.25, 0.3) is 0 Å². The number of carbonyl (C=O) groups is 1. The molecule has 3 atom stereocenters. The van der Waals surface area contributed by atoms with Crippen molar-refractivity contribution < 1.29 is 9.28 Å². The Labute approximate surface area is 102 Å². The predicted octanol–water partition coefficient (Wildman–Crippen LogP) is 2.52. The van der Waals surface area contributed by atoms with E-state index in [4.69, 9.17) is 5.26 Å². The number of hydrogen-bond acceptors (Lipinski definition) is 3. The lowest BCUT2D eigenvalue weighted by Gasteiger charge is -2.42. The van der Waals surface area contributed by atoms with Crippen molar-refractivity contribution in [3.63, 3.8) is 0 Å². The number of rotatable bonds is 3. The van der Waals surface area contributed by atoms with Crippen molar-refractivity contribution in [2.24, 2.45) is 0 Å². The van der Waals surface area contributed by atoms with E-state index in [1.54, 1.807) is 0 Å². The quantitative estimate of drug-likeness (QED) is 0.563. The van der Waals surface area contributed by atoms with Crippen LogP contribution in [0, 0.1) is 10.7 Å². The Morgan fingerprint density at radius 2 is 2.31 bits per heavy atom. The van der Waals surface area contributed by atoms with Crippen molar-refractivity contribution in [2.75, 3.05) is 13.6 Å². The molecule has 16 heavy (non-hydrogen) atoms. The zero-order chi connectivity index (χ0) is 12.2. The second-order valence-corrected chi connectivity index (χ2v) is 5.77. The normalized spacial score (nSPS) is 31.8. The maximum Gasteiger partial charge on any atom is 0.327 e. The van der Waals surface area contributed by atoms with Crippen molar-refractivity contribution in [2.45, 2.75) is 50.8 Å². The molecule has 3 nitrogen and oxygen atoms in total. The Kier molecular flexibility index (Phi) is 4.82. The predicted molar refractivity (Wildman–Crippen MR) is 66.7 cm³/mol. The number of carbonyl (C=O) groups excluding carboxylic acids is 1. The van der Waals surface area contributed by atoms with Crippen LogP contribution in [0.4, 0.5) is 0 Å². The Hall–Kier alpha value is -0.530. The molecule has 1 fully saturated rings. The third kappa shape index (κ3) is 2.58. The van der Waals surface area contributed by atoms with E-state index < -0.39 is 0 Å².